The maximum absolute atomic E-state index is 12.5. The molecule has 0 spiro atoms. The molecule has 0 aliphatic rings. The van der Waals surface area contributed by atoms with Crippen LogP contribution in [0.25, 0.3) is 11.1 Å². The minimum absolute atomic E-state index is 0.125. The first-order valence-corrected chi connectivity index (χ1v) is 7.14. The highest BCUT2D eigenvalue weighted by Gasteiger charge is 2.16. The summed E-state index contributed by atoms with van der Waals surface area (Å²) in [5.74, 6) is -0.125. The van der Waals surface area contributed by atoms with E-state index >= 15 is 0 Å². The van der Waals surface area contributed by atoms with E-state index in [-0.39, 0.29) is 5.91 Å². The topological polar surface area (TPSA) is 60.1 Å². The summed E-state index contributed by atoms with van der Waals surface area (Å²) in [7, 11) is 0. The van der Waals surface area contributed by atoms with Gasteiger partial charge >= 0.3 is 0 Å². The molecule has 1 N–H and O–H groups in total. The number of amides is 1. The number of rotatable bonds is 5. The molecule has 1 amide bonds. The molecule has 22 heavy (non-hydrogen) atoms. The average Bonchev–Trinajstić information content (AvgIpc) is 3.13. The van der Waals surface area contributed by atoms with Crippen LogP contribution in [0.4, 0.5) is 0 Å². The molecular formula is C17H17N3O2. The van der Waals surface area contributed by atoms with Crippen molar-refractivity contribution >= 4 is 17.0 Å². The molecule has 0 unspecified atom stereocenters. The van der Waals surface area contributed by atoms with E-state index in [1.54, 1.807) is 24.7 Å². The van der Waals surface area contributed by atoms with Gasteiger partial charge in [-0.1, -0.05) is 18.2 Å². The van der Waals surface area contributed by atoms with Gasteiger partial charge in [0.15, 0.2) is 5.58 Å². The highest BCUT2D eigenvalue weighted by molar-refractivity contribution is 5.97. The SMILES string of the molecule is C/C=C\Cn1c(C(=O)NCc2cccnc2)cc2occc21. The van der Waals surface area contributed by atoms with Gasteiger partial charge in [0, 0.05) is 37.6 Å². The Morgan fingerprint density at radius 3 is 3.14 bits per heavy atom. The van der Waals surface area contributed by atoms with E-state index in [4.69, 9.17) is 4.42 Å². The van der Waals surface area contributed by atoms with Gasteiger partial charge in [-0.15, -0.1) is 0 Å². The van der Waals surface area contributed by atoms with E-state index in [9.17, 15) is 4.79 Å². The third-order valence-corrected chi connectivity index (χ3v) is 3.45. The molecule has 5 nitrogen and oxygen atoms in total. The minimum atomic E-state index is -0.125. The maximum Gasteiger partial charge on any atom is 0.268 e. The Hall–Kier alpha value is -2.82. The number of carbonyl (C=O) groups is 1. The molecule has 3 aromatic heterocycles. The van der Waals surface area contributed by atoms with E-state index < -0.39 is 0 Å². The standard InChI is InChI=1S/C17H17N3O2/c1-2-3-8-20-14-6-9-22-16(14)10-15(20)17(21)19-12-13-5-4-7-18-11-13/h2-7,9-11H,8,12H2,1H3,(H,19,21)/b3-2-. The molecule has 0 aliphatic heterocycles. The van der Waals surface area contributed by atoms with Crippen molar-refractivity contribution < 1.29 is 9.21 Å². The van der Waals surface area contributed by atoms with Gasteiger partial charge in [0.1, 0.15) is 5.69 Å². The zero-order chi connectivity index (χ0) is 15.4. The van der Waals surface area contributed by atoms with Crippen LogP contribution in [0.1, 0.15) is 23.0 Å². The first kappa shape index (κ1) is 14.1. The Bertz CT molecular complexity index is 800. The average molecular weight is 295 g/mol. The minimum Gasteiger partial charge on any atom is -0.463 e. The van der Waals surface area contributed by atoms with E-state index in [0.29, 0.717) is 18.8 Å². The lowest BCUT2D eigenvalue weighted by atomic mass is 10.3. The van der Waals surface area contributed by atoms with E-state index in [0.717, 1.165) is 16.7 Å². The van der Waals surface area contributed by atoms with Crippen molar-refractivity contribution in [3.63, 3.8) is 0 Å². The number of carbonyl (C=O) groups excluding carboxylic acids is 1. The van der Waals surface area contributed by atoms with Crippen LogP contribution < -0.4 is 5.32 Å². The highest BCUT2D eigenvalue weighted by Crippen LogP contribution is 2.21. The Morgan fingerprint density at radius 2 is 2.36 bits per heavy atom. The second-order valence-electron chi connectivity index (χ2n) is 4.92. The van der Waals surface area contributed by atoms with Gasteiger partial charge in [0.25, 0.3) is 5.91 Å². The van der Waals surface area contributed by atoms with Crippen molar-refractivity contribution in [2.75, 3.05) is 0 Å². The Labute approximate surface area is 128 Å². The fraction of sp³-hybridized carbons (Fsp3) is 0.176. The largest absolute Gasteiger partial charge is 0.463 e. The van der Waals surface area contributed by atoms with Crippen LogP contribution in [0.5, 0.6) is 0 Å². The molecule has 3 rings (SSSR count). The predicted molar refractivity (Wildman–Crippen MR) is 84.4 cm³/mol. The van der Waals surface area contributed by atoms with Crippen LogP contribution in [0.2, 0.25) is 0 Å². The summed E-state index contributed by atoms with van der Waals surface area (Å²) in [6.07, 6.45) is 9.05. The van der Waals surface area contributed by atoms with Crippen LogP contribution >= 0.6 is 0 Å². The second-order valence-corrected chi connectivity index (χ2v) is 4.92. The third kappa shape index (κ3) is 2.79. The fourth-order valence-electron chi connectivity index (χ4n) is 2.35. The third-order valence-electron chi connectivity index (χ3n) is 3.45. The van der Waals surface area contributed by atoms with Crippen molar-refractivity contribution in [3.8, 4) is 0 Å². The van der Waals surface area contributed by atoms with Crippen molar-refractivity contribution in [2.24, 2.45) is 0 Å². The molecule has 0 bridgehead atoms. The number of allylic oxidation sites excluding steroid dienone is 2. The molecule has 0 saturated carbocycles. The van der Waals surface area contributed by atoms with Crippen molar-refractivity contribution in [3.05, 3.63) is 66.3 Å². The zero-order valence-corrected chi connectivity index (χ0v) is 12.3. The summed E-state index contributed by atoms with van der Waals surface area (Å²) in [6.45, 7) is 3.04. The highest BCUT2D eigenvalue weighted by atomic mass is 16.3. The van der Waals surface area contributed by atoms with Crippen LogP contribution in [0.3, 0.4) is 0 Å². The van der Waals surface area contributed by atoms with Gasteiger partial charge in [-0.2, -0.15) is 0 Å². The molecule has 0 fully saturated rings. The molecule has 0 aliphatic carbocycles. The lowest BCUT2D eigenvalue weighted by Gasteiger charge is -2.08. The first-order chi connectivity index (χ1) is 10.8. The van der Waals surface area contributed by atoms with Crippen molar-refractivity contribution in [1.29, 1.82) is 0 Å². The van der Waals surface area contributed by atoms with E-state index in [2.05, 4.69) is 10.3 Å². The molecule has 0 aromatic carbocycles. The van der Waals surface area contributed by atoms with Crippen LogP contribution in [-0.2, 0) is 13.1 Å². The Morgan fingerprint density at radius 1 is 1.45 bits per heavy atom. The lowest BCUT2D eigenvalue weighted by Crippen LogP contribution is -2.25. The number of hydrogen-bond donors (Lipinski definition) is 1. The monoisotopic (exact) mass is 295 g/mol. The summed E-state index contributed by atoms with van der Waals surface area (Å²) in [4.78, 5) is 16.5. The number of nitrogens with zero attached hydrogens (tertiary/aromatic N) is 2. The summed E-state index contributed by atoms with van der Waals surface area (Å²) in [5, 5.41) is 2.92. The second kappa shape index (κ2) is 6.30. The summed E-state index contributed by atoms with van der Waals surface area (Å²) >= 11 is 0. The van der Waals surface area contributed by atoms with E-state index in [1.165, 1.54) is 0 Å². The number of furan rings is 1. The normalized spacial score (nSPS) is 11.3. The first-order valence-electron chi connectivity index (χ1n) is 7.14. The molecule has 0 radical (unpaired) electrons. The number of nitrogens with one attached hydrogen (secondary N) is 1. The molecule has 0 saturated heterocycles. The van der Waals surface area contributed by atoms with Crippen molar-refractivity contribution in [1.82, 2.24) is 14.9 Å². The Balaban J connectivity index is 1.82. The smallest absolute Gasteiger partial charge is 0.268 e. The number of aromatic nitrogens is 2. The molecular weight excluding hydrogens is 278 g/mol. The van der Waals surface area contributed by atoms with E-state index in [1.807, 2.05) is 41.8 Å². The summed E-state index contributed by atoms with van der Waals surface area (Å²) < 4.78 is 7.34. The summed E-state index contributed by atoms with van der Waals surface area (Å²) in [5.41, 5.74) is 3.20. The van der Waals surface area contributed by atoms with Crippen LogP contribution in [0, 0.1) is 0 Å². The summed E-state index contributed by atoms with van der Waals surface area (Å²) in [6, 6.07) is 7.43. The maximum atomic E-state index is 12.5. The van der Waals surface area contributed by atoms with Gasteiger partial charge in [-0.05, 0) is 18.6 Å². The zero-order valence-electron chi connectivity index (χ0n) is 12.3. The van der Waals surface area contributed by atoms with Gasteiger partial charge in [-0.25, -0.2) is 0 Å². The van der Waals surface area contributed by atoms with Gasteiger partial charge in [0.2, 0.25) is 0 Å². The number of fused-ring (bicyclic) bond motifs is 1. The van der Waals surface area contributed by atoms with Crippen molar-refractivity contribution in [2.45, 2.75) is 20.0 Å². The number of hydrogen-bond acceptors (Lipinski definition) is 3. The molecule has 3 aromatic rings. The quantitative estimate of drug-likeness (QED) is 0.736. The van der Waals surface area contributed by atoms with Gasteiger partial charge < -0.3 is 14.3 Å². The predicted octanol–water partition coefficient (Wildman–Crippen LogP) is 3.14. The van der Waals surface area contributed by atoms with Gasteiger partial charge in [0.05, 0.1) is 11.8 Å². The number of pyridine rings is 1. The molecule has 3 heterocycles. The lowest BCUT2D eigenvalue weighted by molar-refractivity contribution is 0.0942. The molecule has 5 heteroatoms. The van der Waals surface area contributed by atoms with Crippen LogP contribution in [-0.4, -0.2) is 15.5 Å². The fourth-order valence-corrected chi connectivity index (χ4v) is 2.35. The molecule has 0 atom stereocenters. The molecule has 112 valence electrons. The Kier molecular flexibility index (Phi) is 4.05. The van der Waals surface area contributed by atoms with Crippen LogP contribution in [0.15, 0.2) is 59.5 Å². The van der Waals surface area contributed by atoms with Gasteiger partial charge in [-0.3, -0.25) is 9.78 Å².